The number of hydrogen-bond acceptors (Lipinski definition) is 4. The third kappa shape index (κ3) is 4.37. The zero-order chi connectivity index (χ0) is 23.7. The van der Waals surface area contributed by atoms with Crippen molar-refractivity contribution in [2.45, 2.75) is 30.6 Å². The van der Waals surface area contributed by atoms with Crippen molar-refractivity contribution in [3.8, 4) is 0 Å². The van der Waals surface area contributed by atoms with Gasteiger partial charge >= 0.3 is 5.97 Å². The predicted molar refractivity (Wildman–Crippen MR) is 139 cm³/mol. The highest BCUT2D eigenvalue weighted by Gasteiger charge is 2.30. The summed E-state index contributed by atoms with van der Waals surface area (Å²) in [7, 11) is 5.78. The Bertz CT molecular complexity index is 1290. The number of para-hydroxylation sites is 2. The predicted octanol–water partition coefficient (Wildman–Crippen LogP) is 6.11. The number of carbonyl (C=O) groups excluding carboxylic acids is 1. The molecule has 1 aliphatic carbocycles. The molecule has 2 aromatic carbocycles. The maximum Gasteiger partial charge on any atom is 0.308 e. The van der Waals surface area contributed by atoms with E-state index in [-0.39, 0.29) is 11.9 Å². The van der Waals surface area contributed by atoms with Gasteiger partial charge < -0.3 is 9.64 Å². The highest BCUT2D eigenvalue weighted by Crippen LogP contribution is 2.46. The fraction of sp³-hybridized carbons (Fsp3) is 0.310. The second-order valence-electron chi connectivity index (χ2n) is 9.20. The lowest BCUT2D eigenvalue weighted by Crippen LogP contribution is -2.33. The molecule has 0 radical (unpaired) electrons. The van der Waals surface area contributed by atoms with Crippen LogP contribution in [0.25, 0.3) is 17.0 Å². The molecule has 0 saturated heterocycles. The van der Waals surface area contributed by atoms with Crippen molar-refractivity contribution < 1.29 is 14.1 Å². The van der Waals surface area contributed by atoms with Gasteiger partial charge in [0.05, 0.1) is 23.7 Å². The van der Waals surface area contributed by atoms with E-state index in [0.29, 0.717) is 5.92 Å². The maximum absolute atomic E-state index is 12.1. The monoisotopic (exact) mass is 471 g/mol. The third-order valence-electron chi connectivity index (χ3n) is 7.23. The Labute approximate surface area is 205 Å². The minimum atomic E-state index is -0.0650. The van der Waals surface area contributed by atoms with E-state index in [0.717, 1.165) is 25.7 Å². The Balaban J connectivity index is 1.52. The maximum atomic E-state index is 12.1. The number of aromatic nitrogens is 1. The van der Waals surface area contributed by atoms with Gasteiger partial charge in [-0.15, -0.1) is 0 Å². The van der Waals surface area contributed by atoms with Gasteiger partial charge in [-0.05, 0) is 67.5 Å². The van der Waals surface area contributed by atoms with Crippen LogP contribution in [-0.2, 0) is 16.6 Å². The number of aryl methyl sites for hydroxylation is 1. The number of nitrogens with zero attached hydrogens (tertiary/aromatic N) is 2. The molecule has 1 saturated carbocycles. The number of rotatable bonds is 4. The number of anilines is 1. The van der Waals surface area contributed by atoms with Crippen molar-refractivity contribution in [3.05, 3.63) is 83.0 Å². The van der Waals surface area contributed by atoms with Crippen molar-refractivity contribution >= 4 is 40.4 Å². The van der Waals surface area contributed by atoms with Gasteiger partial charge in [0.25, 0.3) is 0 Å². The van der Waals surface area contributed by atoms with E-state index in [1.54, 1.807) is 0 Å². The first-order valence-corrected chi connectivity index (χ1v) is 12.8. The molecule has 0 bridgehead atoms. The molecule has 174 valence electrons. The summed E-state index contributed by atoms with van der Waals surface area (Å²) in [5.74, 6) is 0.377. The fourth-order valence-corrected chi connectivity index (χ4v) is 6.28. The van der Waals surface area contributed by atoms with Crippen LogP contribution in [0.1, 0.15) is 31.4 Å². The SMILES string of the molecule is COC(=O)C1CCC(C(=C\c2ccc3ccccc3[n+]2C)/C=C2/Sc3ccccc3N2C)CC1. The Morgan fingerprint density at radius 3 is 2.47 bits per heavy atom. The molecule has 0 spiro atoms. The van der Waals surface area contributed by atoms with E-state index in [1.807, 2.05) is 11.8 Å². The van der Waals surface area contributed by atoms with Gasteiger partial charge in [0.2, 0.25) is 11.2 Å². The zero-order valence-corrected chi connectivity index (χ0v) is 20.8. The summed E-state index contributed by atoms with van der Waals surface area (Å²) in [6.07, 6.45) is 8.46. The van der Waals surface area contributed by atoms with E-state index >= 15 is 0 Å². The molecule has 5 rings (SSSR count). The van der Waals surface area contributed by atoms with Crippen LogP contribution in [0.15, 0.2) is 82.2 Å². The number of pyridine rings is 1. The van der Waals surface area contributed by atoms with Gasteiger partial charge in [-0.1, -0.05) is 36.0 Å². The molecule has 2 heterocycles. The molecule has 0 unspecified atom stereocenters. The molecule has 1 aliphatic heterocycles. The molecular formula is C29H31N2O2S+. The van der Waals surface area contributed by atoms with Crippen LogP contribution in [0.3, 0.4) is 0 Å². The molecule has 1 aromatic heterocycles. The van der Waals surface area contributed by atoms with Crippen molar-refractivity contribution in [1.29, 1.82) is 0 Å². The number of methoxy groups -OCH3 is 1. The fourth-order valence-electron chi connectivity index (χ4n) is 5.17. The normalized spacial score (nSPS) is 21.7. The van der Waals surface area contributed by atoms with Gasteiger partial charge in [0, 0.05) is 35.5 Å². The van der Waals surface area contributed by atoms with E-state index in [2.05, 4.69) is 96.4 Å². The zero-order valence-electron chi connectivity index (χ0n) is 20.0. The summed E-state index contributed by atoms with van der Waals surface area (Å²) in [6.45, 7) is 0. The summed E-state index contributed by atoms with van der Waals surface area (Å²) < 4.78 is 7.29. The number of esters is 1. The molecule has 3 aromatic rings. The number of carbonyl (C=O) groups is 1. The van der Waals surface area contributed by atoms with Crippen LogP contribution < -0.4 is 9.47 Å². The number of benzene rings is 2. The molecule has 0 atom stereocenters. The molecule has 2 aliphatic rings. The highest BCUT2D eigenvalue weighted by atomic mass is 32.2. The molecule has 34 heavy (non-hydrogen) atoms. The first-order chi connectivity index (χ1) is 16.5. The van der Waals surface area contributed by atoms with Crippen molar-refractivity contribution in [3.63, 3.8) is 0 Å². The van der Waals surface area contributed by atoms with Crippen molar-refractivity contribution in [2.24, 2.45) is 18.9 Å². The number of hydrogen-bond donors (Lipinski definition) is 0. The van der Waals surface area contributed by atoms with E-state index in [9.17, 15) is 4.79 Å². The second-order valence-corrected chi connectivity index (χ2v) is 10.3. The first kappa shape index (κ1) is 22.7. The lowest BCUT2D eigenvalue weighted by Gasteiger charge is -2.28. The average molecular weight is 472 g/mol. The second kappa shape index (κ2) is 9.67. The Morgan fingerprint density at radius 1 is 1.00 bits per heavy atom. The van der Waals surface area contributed by atoms with Gasteiger partial charge in [0.1, 0.15) is 7.05 Å². The number of fused-ring (bicyclic) bond motifs is 2. The summed E-state index contributed by atoms with van der Waals surface area (Å²) in [4.78, 5) is 15.7. The largest absolute Gasteiger partial charge is 0.469 e. The Kier molecular flexibility index (Phi) is 6.46. The van der Waals surface area contributed by atoms with Crippen LogP contribution in [0.2, 0.25) is 0 Å². The van der Waals surface area contributed by atoms with Crippen molar-refractivity contribution in [2.75, 3.05) is 19.1 Å². The average Bonchev–Trinajstić information content (AvgIpc) is 3.20. The van der Waals surface area contributed by atoms with Gasteiger partial charge in [-0.25, -0.2) is 0 Å². The molecule has 0 amide bonds. The van der Waals surface area contributed by atoms with Crippen molar-refractivity contribution in [1.82, 2.24) is 0 Å². The molecule has 5 heteroatoms. The van der Waals surface area contributed by atoms with Gasteiger partial charge in [-0.2, -0.15) is 4.57 Å². The molecule has 4 nitrogen and oxygen atoms in total. The van der Waals surface area contributed by atoms with Crippen LogP contribution >= 0.6 is 11.8 Å². The van der Waals surface area contributed by atoms with E-state index in [1.165, 1.54) is 44.9 Å². The van der Waals surface area contributed by atoms with Crippen LogP contribution in [0.5, 0.6) is 0 Å². The lowest BCUT2D eigenvalue weighted by molar-refractivity contribution is -0.646. The smallest absolute Gasteiger partial charge is 0.308 e. The molecule has 1 fully saturated rings. The summed E-state index contributed by atoms with van der Waals surface area (Å²) in [5.41, 5.74) is 4.99. The lowest BCUT2D eigenvalue weighted by atomic mass is 9.78. The topological polar surface area (TPSA) is 33.4 Å². The van der Waals surface area contributed by atoms with Crippen LogP contribution in [0.4, 0.5) is 5.69 Å². The standard InChI is InChI=1S/C29H31N2O2S/c1-30-24(17-16-21-8-4-5-9-25(21)30)18-23(20-12-14-22(15-13-20)29(32)33-3)19-28-31(2)26-10-6-7-11-27(26)34-28/h4-11,16-20,22H,12-15H2,1-3H3/q+1. The van der Waals surface area contributed by atoms with Gasteiger partial charge in [0.15, 0.2) is 0 Å². The highest BCUT2D eigenvalue weighted by molar-refractivity contribution is 8.03. The van der Waals surface area contributed by atoms with Crippen LogP contribution in [0, 0.1) is 11.8 Å². The summed E-state index contributed by atoms with van der Waals surface area (Å²) in [5, 5.41) is 2.48. The number of thioether (sulfide) groups is 1. The molecule has 0 N–H and O–H groups in total. The van der Waals surface area contributed by atoms with Crippen LogP contribution in [-0.4, -0.2) is 20.1 Å². The third-order valence-corrected chi connectivity index (χ3v) is 8.39. The first-order valence-electron chi connectivity index (χ1n) is 11.9. The quantitative estimate of drug-likeness (QED) is 0.340. The van der Waals surface area contributed by atoms with Gasteiger partial charge in [-0.3, -0.25) is 4.79 Å². The molecular weight excluding hydrogens is 440 g/mol. The minimum Gasteiger partial charge on any atom is -0.469 e. The van der Waals surface area contributed by atoms with E-state index < -0.39 is 0 Å². The summed E-state index contributed by atoms with van der Waals surface area (Å²) >= 11 is 1.83. The number of allylic oxidation sites excluding steroid dienone is 2. The number of ether oxygens (including phenoxy) is 1. The minimum absolute atomic E-state index is 0.0275. The Morgan fingerprint density at radius 2 is 1.71 bits per heavy atom. The summed E-state index contributed by atoms with van der Waals surface area (Å²) in [6, 6.07) is 21.5. The van der Waals surface area contributed by atoms with E-state index in [4.69, 9.17) is 4.74 Å². The Hall–Kier alpha value is -3.05.